The number of aromatic nitrogens is 3. The molecule has 0 saturated carbocycles. The summed E-state index contributed by atoms with van der Waals surface area (Å²) in [6.07, 6.45) is 1.78. The molecule has 18 heavy (non-hydrogen) atoms. The number of pyridine rings is 1. The molecule has 0 aliphatic carbocycles. The number of hydrogen-bond donors (Lipinski definition) is 1. The molecular weight excluding hydrogens is 248 g/mol. The monoisotopic (exact) mass is 262 g/mol. The van der Waals surface area contributed by atoms with Gasteiger partial charge >= 0.3 is 0 Å². The summed E-state index contributed by atoms with van der Waals surface area (Å²) in [5, 5.41) is 11.7. The number of anilines is 1. The third kappa shape index (κ3) is 2.59. The van der Waals surface area contributed by atoms with Gasteiger partial charge in [0.2, 0.25) is 0 Å². The number of halogens is 1. The average molecular weight is 263 g/mol. The van der Waals surface area contributed by atoms with Crippen molar-refractivity contribution in [3.05, 3.63) is 46.4 Å². The molecule has 0 fully saturated rings. The predicted octanol–water partition coefficient (Wildman–Crippen LogP) is 3.31. The lowest BCUT2D eigenvalue weighted by molar-refractivity contribution is 0.818. The van der Waals surface area contributed by atoms with E-state index in [9.17, 15) is 0 Å². The zero-order chi connectivity index (χ0) is 13.1. The molecule has 0 radical (unpaired) electrons. The van der Waals surface area contributed by atoms with Crippen molar-refractivity contribution in [2.24, 2.45) is 0 Å². The molecule has 2 aromatic rings. The van der Waals surface area contributed by atoms with Crippen molar-refractivity contribution in [3.8, 4) is 0 Å². The first kappa shape index (κ1) is 12.8. The van der Waals surface area contributed by atoms with Crippen molar-refractivity contribution in [2.75, 3.05) is 5.32 Å². The molecule has 1 atom stereocenters. The summed E-state index contributed by atoms with van der Waals surface area (Å²) >= 11 is 5.93. The quantitative estimate of drug-likeness (QED) is 0.922. The van der Waals surface area contributed by atoms with Crippen LogP contribution in [0.1, 0.15) is 29.8 Å². The highest BCUT2D eigenvalue weighted by molar-refractivity contribution is 6.30. The molecule has 94 valence electrons. The van der Waals surface area contributed by atoms with Crippen LogP contribution in [0.5, 0.6) is 0 Å². The largest absolute Gasteiger partial charge is 0.360 e. The van der Waals surface area contributed by atoms with Crippen LogP contribution in [0, 0.1) is 13.8 Å². The topological polar surface area (TPSA) is 50.7 Å². The van der Waals surface area contributed by atoms with Gasteiger partial charge in [-0.1, -0.05) is 17.7 Å². The molecule has 0 bridgehead atoms. The van der Waals surface area contributed by atoms with E-state index >= 15 is 0 Å². The Bertz CT molecular complexity index is 542. The molecule has 2 aromatic heterocycles. The first-order valence-electron chi connectivity index (χ1n) is 5.76. The minimum absolute atomic E-state index is 0.0692. The Morgan fingerprint density at radius 2 is 1.94 bits per heavy atom. The lowest BCUT2D eigenvalue weighted by Crippen LogP contribution is -2.11. The first-order chi connectivity index (χ1) is 8.59. The van der Waals surface area contributed by atoms with Crippen molar-refractivity contribution in [1.82, 2.24) is 15.2 Å². The van der Waals surface area contributed by atoms with Crippen LogP contribution < -0.4 is 5.32 Å². The second-order valence-corrected chi connectivity index (χ2v) is 4.57. The highest BCUT2D eigenvalue weighted by Gasteiger charge is 2.12. The Kier molecular flexibility index (Phi) is 3.77. The standard InChI is InChI=1S/C13H15ClN4/c1-8-9(2)13(18-17-12(8)14)16-10(3)11-6-4-5-7-15-11/h4-7,10H,1-3H3,(H,16,18). The molecular formula is C13H15ClN4. The summed E-state index contributed by atoms with van der Waals surface area (Å²) < 4.78 is 0. The number of hydrogen-bond acceptors (Lipinski definition) is 4. The van der Waals surface area contributed by atoms with E-state index in [1.807, 2.05) is 39.0 Å². The molecule has 0 saturated heterocycles. The van der Waals surface area contributed by atoms with Gasteiger partial charge in [-0.2, -0.15) is 0 Å². The molecule has 2 heterocycles. The van der Waals surface area contributed by atoms with E-state index in [-0.39, 0.29) is 6.04 Å². The number of rotatable bonds is 3. The molecule has 0 aliphatic heterocycles. The smallest absolute Gasteiger partial charge is 0.155 e. The summed E-state index contributed by atoms with van der Waals surface area (Å²) in [7, 11) is 0. The maximum atomic E-state index is 5.93. The van der Waals surface area contributed by atoms with Crippen LogP contribution in [0.4, 0.5) is 5.82 Å². The first-order valence-corrected chi connectivity index (χ1v) is 6.14. The van der Waals surface area contributed by atoms with E-state index in [1.54, 1.807) is 6.20 Å². The molecule has 0 spiro atoms. The van der Waals surface area contributed by atoms with E-state index in [1.165, 1.54) is 0 Å². The number of nitrogens with one attached hydrogen (secondary N) is 1. The Labute approximate surface area is 111 Å². The fraction of sp³-hybridized carbons (Fsp3) is 0.308. The van der Waals surface area contributed by atoms with E-state index in [2.05, 4.69) is 20.5 Å². The second kappa shape index (κ2) is 5.31. The molecule has 0 aliphatic rings. The Balaban J connectivity index is 2.22. The lowest BCUT2D eigenvalue weighted by atomic mass is 10.1. The molecule has 1 N–H and O–H groups in total. The summed E-state index contributed by atoms with van der Waals surface area (Å²) in [6.45, 7) is 5.94. The van der Waals surface area contributed by atoms with E-state index in [0.717, 1.165) is 22.6 Å². The van der Waals surface area contributed by atoms with E-state index < -0.39 is 0 Å². The molecule has 5 heteroatoms. The molecule has 0 amide bonds. The SMILES string of the molecule is Cc1c(Cl)nnc(NC(C)c2ccccn2)c1C. The Morgan fingerprint density at radius 1 is 1.17 bits per heavy atom. The van der Waals surface area contributed by atoms with Crippen molar-refractivity contribution in [1.29, 1.82) is 0 Å². The van der Waals surface area contributed by atoms with Gasteiger partial charge in [0.25, 0.3) is 0 Å². The predicted molar refractivity (Wildman–Crippen MR) is 72.8 cm³/mol. The zero-order valence-electron chi connectivity index (χ0n) is 10.6. The average Bonchev–Trinajstić information content (AvgIpc) is 2.40. The molecule has 2 rings (SSSR count). The normalized spacial score (nSPS) is 12.2. The molecule has 1 unspecified atom stereocenters. The van der Waals surface area contributed by atoms with Crippen LogP contribution in [0.25, 0.3) is 0 Å². The maximum Gasteiger partial charge on any atom is 0.155 e. The Morgan fingerprint density at radius 3 is 2.61 bits per heavy atom. The van der Waals surface area contributed by atoms with Gasteiger partial charge in [-0.3, -0.25) is 4.98 Å². The summed E-state index contributed by atoms with van der Waals surface area (Å²) in [6, 6.07) is 5.91. The van der Waals surface area contributed by atoms with Gasteiger partial charge in [0.1, 0.15) is 0 Å². The van der Waals surface area contributed by atoms with Gasteiger partial charge in [0.05, 0.1) is 11.7 Å². The summed E-state index contributed by atoms with van der Waals surface area (Å²) in [4.78, 5) is 4.31. The van der Waals surface area contributed by atoms with Gasteiger partial charge in [-0.15, -0.1) is 10.2 Å². The van der Waals surface area contributed by atoms with Gasteiger partial charge in [-0.25, -0.2) is 0 Å². The minimum Gasteiger partial charge on any atom is -0.360 e. The third-order valence-electron chi connectivity index (χ3n) is 2.95. The second-order valence-electron chi connectivity index (χ2n) is 4.21. The van der Waals surface area contributed by atoms with Crippen LogP contribution in [-0.4, -0.2) is 15.2 Å². The van der Waals surface area contributed by atoms with Gasteiger partial charge in [0, 0.05) is 6.20 Å². The zero-order valence-corrected chi connectivity index (χ0v) is 11.4. The van der Waals surface area contributed by atoms with E-state index in [0.29, 0.717) is 5.15 Å². The van der Waals surface area contributed by atoms with Crippen molar-refractivity contribution in [3.63, 3.8) is 0 Å². The maximum absolute atomic E-state index is 5.93. The van der Waals surface area contributed by atoms with Gasteiger partial charge in [0.15, 0.2) is 11.0 Å². The highest BCUT2D eigenvalue weighted by Crippen LogP contribution is 2.23. The van der Waals surface area contributed by atoms with Gasteiger partial charge < -0.3 is 5.32 Å². The van der Waals surface area contributed by atoms with Crippen LogP contribution in [-0.2, 0) is 0 Å². The molecule has 4 nitrogen and oxygen atoms in total. The summed E-state index contributed by atoms with van der Waals surface area (Å²) in [5.41, 5.74) is 2.92. The minimum atomic E-state index is 0.0692. The van der Waals surface area contributed by atoms with Crippen molar-refractivity contribution < 1.29 is 0 Å². The summed E-state index contributed by atoms with van der Waals surface area (Å²) in [5.74, 6) is 0.745. The van der Waals surface area contributed by atoms with Crippen LogP contribution in [0.2, 0.25) is 5.15 Å². The van der Waals surface area contributed by atoms with Crippen LogP contribution >= 0.6 is 11.6 Å². The fourth-order valence-corrected chi connectivity index (χ4v) is 1.80. The Hall–Kier alpha value is -1.68. The highest BCUT2D eigenvalue weighted by atomic mass is 35.5. The number of nitrogens with zero attached hydrogens (tertiary/aromatic N) is 3. The van der Waals surface area contributed by atoms with Crippen molar-refractivity contribution >= 4 is 17.4 Å². The van der Waals surface area contributed by atoms with Crippen LogP contribution in [0.15, 0.2) is 24.4 Å². The fourth-order valence-electron chi connectivity index (χ4n) is 1.62. The third-order valence-corrected chi connectivity index (χ3v) is 3.31. The van der Waals surface area contributed by atoms with Gasteiger partial charge in [-0.05, 0) is 44.0 Å². The lowest BCUT2D eigenvalue weighted by Gasteiger charge is -2.16. The van der Waals surface area contributed by atoms with Crippen molar-refractivity contribution in [2.45, 2.75) is 26.8 Å². The van der Waals surface area contributed by atoms with E-state index in [4.69, 9.17) is 11.6 Å². The van der Waals surface area contributed by atoms with Crippen LogP contribution in [0.3, 0.4) is 0 Å². The molecule has 0 aromatic carbocycles.